The molecule has 0 unspecified atom stereocenters. The van der Waals surface area contributed by atoms with Gasteiger partial charge in [-0.05, 0) is 12.8 Å². The molecule has 0 fully saturated rings. The Morgan fingerprint density at radius 1 is 1.12 bits per heavy atom. The number of carbonyl (C=O) groups excluding carboxylic acids is 2. The third kappa shape index (κ3) is 6.68. The van der Waals surface area contributed by atoms with Gasteiger partial charge in [-0.25, -0.2) is 0 Å². The molecule has 0 spiro atoms. The molecule has 2 N–H and O–H groups in total. The molecule has 7 heteroatoms. The third-order valence-electron chi connectivity index (χ3n) is 3.64. The largest absolute Gasteiger partial charge is 0.381 e. The van der Waals surface area contributed by atoms with Crippen molar-refractivity contribution in [3.8, 4) is 11.3 Å². The van der Waals surface area contributed by atoms with Gasteiger partial charge in [0, 0.05) is 31.4 Å². The Labute approximate surface area is 153 Å². The van der Waals surface area contributed by atoms with Gasteiger partial charge in [0.25, 0.3) is 5.91 Å². The van der Waals surface area contributed by atoms with Gasteiger partial charge in [-0.3, -0.25) is 9.59 Å². The molecule has 1 aromatic carbocycles. The normalized spacial score (nSPS) is 10.5. The van der Waals surface area contributed by atoms with Gasteiger partial charge in [0.1, 0.15) is 0 Å². The van der Waals surface area contributed by atoms with Gasteiger partial charge < -0.3 is 19.9 Å². The summed E-state index contributed by atoms with van der Waals surface area (Å²) in [7, 11) is 0. The lowest BCUT2D eigenvalue weighted by Crippen LogP contribution is -2.37. The van der Waals surface area contributed by atoms with E-state index in [0.29, 0.717) is 18.9 Å². The summed E-state index contributed by atoms with van der Waals surface area (Å²) in [5.74, 6) is -0.198. The maximum atomic E-state index is 12.0. The zero-order valence-corrected chi connectivity index (χ0v) is 15.0. The van der Waals surface area contributed by atoms with Crippen LogP contribution in [0, 0.1) is 0 Å². The molecule has 0 saturated heterocycles. The summed E-state index contributed by atoms with van der Waals surface area (Å²) in [6.07, 6.45) is 2.90. The summed E-state index contributed by atoms with van der Waals surface area (Å²) < 4.78 is 10.6. The van der Waals surface area contributed by atoms with Crippen LogP contribution >= 0.6 is 0 Å². The van der Waals surface area contributed by atoms with Crippen molar-refractivity contribution in [2.75, 3.05) is 26.3 Å². The lowest BCUT2D eigenvalue weighted by molar-refractivity contribution is -0.120. The van der Waals surface area contributed by atoms with Gasteiger partial charge >= 0.3 is 0 Å². The van der Waals surface area contributed by atoms with Crippen molar-refractivity contribution < 1.29 is 18.8 Å². The summed E-state index contributed by atoms with van der Waals surface area (Å²) >= 11 is 0. The van der Waals surface area contributed by atoms with E-state index in [-0.39, 0.29) is 18.1 Å². The molecule has 26 heavy (non-hydrogen) atoms. The molecule has 0 aliphatic rings. The van der Waals surface area contributed by atoms with Crippen LogP contribution in [0.15, 0.2) is 40.9 Å². The van der Waals surface area contributed by atoms with E-state index in [4.69, 9.17) is 9.26 Å². The van der Waals surface area contributed by atoms with Crippen LogP contribution in [-0.2, 0) is 9.53 Å². The van der Waals surface area contributed by atoms with Crippen LogP contribution in [0.5, 0.6) is 0 Å². The van der Waals surface area contributed by atoms with E-state index in [1.54, 1.807) is 6.07 Å². The first-order valence-corrected chi connectivity index (χ1v) is 8.85. The maximum absolute atomic E-state index is 12.0. The SMILES string of the molecule is CCCCOCCCNC(=O)CNC(=O)c1cc(-c2ccccc2)on1. The van der Waals surface area contributed by atoms with E-state index >= 15 is 0 Å². The van der Waals surface area contributed by atoms with E-state index < -0.39 is 5.91 Å². The zero-order valence-electron chi connectivity index (χ0n) is 15.0. The lowest BCUT2D eigenvalue weighted by Gasteiger charge is -2.06. The molecule has 1 aromatic heterocycles. The molecule has 7 nitrogen and oxygen atoms in total. The van der Waals surface area contributed by atoms with Crippen LogP contribution in [-0.4, -0.2) is 43.3 Å². The summed E-state index contributed by atoms with van der Waals surface area (Å²) in [5, 5.41) is 9.01. The number of nitrogens with one attached hydrogen (secondary N) is 2. The highest BCUT2D eigenvalue weighted by atomic mass is 16.5. The highest BCUT2D eigenvalue weighted by molar-refractivity contribution is 5.95. The van der Waals surface area contributed by atoms with Crippen molar-refractivity contribution in [2.24, 2.45) is 0 Å². The number of unbranched alkanes of at least 4 members (excludes halogenated alkanes) is 1. The Morgan fingerprint density at radius 3 is 2.65 bits per heavy atom. The van der Waals surface area contributed by atoms with E-state index in [0.717, 1.165) is 31.4 Å². The summed E-state index contributed by atoms with van der Waals surface area (Å²) in [4.78, 5) is 23.8. The fourth-order valence-corrected chi connectivity index (χ4v) is 2.18. The molecule has 0 bridgehead atoms. The van der Waals surface area contributed by atoms with Gasteiger partial charge in [-0.15, -0.1) is 0 Å². The highest BCUT2D eigenvalue weighted by Crippen LogP contribution is 2.19. The van der Waals surface area contributed by atoms with Crippen LogP contribution in [0.2, 0.25) is 0 Å². The highest BCUT2D eigenvalue weighted by Gasteiger charge is 2.14. The van der Waals surface area contributed by atoms with E-state index in [1.165, 1.54) is 0 Å². The van der Waals surface area contributed by atoms with Crippen molar-refractivity contribution in [3.63, 3.8) is 0 Å². The first-order chi connectivity index (χ1) is 12.7. The standard InChI is InChI=1S/C19H25N3O4/c1-2-3-11-25-12-7-10-20-18(23)14-21-19(24)16-13-17(26-22-16)15-8-5-4-6-9-15/h4-6,8-9,13H,2-3,7,10-12,14H2,1H3,(H,20,23)(H,21,24). The molecule has 2 aromatic rings. The molecule has 0 aliphatic heterocycles. The Bertz CT molecular complexity index is 685. The second-order valence-electron chi connectivity index (χ2n) is 5.79. The summed E-state index contributed by atoms with van der Waals surface area (Å²) in [5.41, 5.74) is 0.971. The molecule has 140 valence electrons. The number of ether oxygens (including phenoxy) is 1. The van der Waals surface area contributed by atoms with Gasteiger partial charge in [0.05, 0.1) is 6.54 Å². The molecular weight excluding hydrogens is 334 g/mol. The second-order valence-corrected chi connectivity index (χ2v) is 5.79. The molecule has 2 amide bonds. The van der Waals surface area contributed by atoms with Crippen molar-refractivity contribution in [3.05, 3.63) is 42.1 Å². The number of rotatable bonds is 11. The number of hydrogen-bond donors (Lipinski definition) is 2. The number of hydrogen-bond acceptors (Lipinski definition) is 5. The Kier molecular flexibility index (Phi) is 8.35. The van der Waals surface area contributed by atoms with Gasteiger partial charge in [-0.1, -0.05) is 48.8 Å². The molecule has 1 heterocycles. The van der Waals surface area contributed by atoms with Crippen LogP contribution in [0.25, 0.3) is 11.3 Å². The first kappa shape index (κ1) is 19.7. The van der Waals surface area contributed by atoms with Crippen LogP contribution < -0.4 is 10.6 Å². The van der Waals surface area contributed by atoms with E-state index in [9.17, 15) is 9.59 Å². The van der Waals surface area contributed by atoms with Gasteiger partial charge in [0.2, 0.25) is 5.91 Å². The predicted molar refractivity (Wildman–Crippen MR) is 97.6 cm³/mol. The van der Waals surface area contributed by atoms with Crippen LogP contribution in [0.4, 0.5) is 0 Å². The Balaban J connectivity index is 1.65. The van der Waals surface area contributed by atoms with Crippen molar-refractivity contribution in [1.29, 1.82) is 0 Å². The summed E-state index contributed by atoms with van der Waals surface area (Å²) in [6.45, 7) is 3.89. The summed E-state index contributed by atoms with van der Waals surface area (Å²) in [6, 6.07) is 10.9. The first-order valence-electron chi connectivity index (χ1n) is 8.85. The van der Waals surface area contributed by atoms with Gasteiger partial charge in [-0.2, -0.15) is 0 Å². The zero-order chi connectivity index (χ0) is 18.6. The van der Waals surface area contributed by atoms with Crippen LogP contribution in [0.1, 0.15) is 36.7 Å². The topological polar surface area (TPSA) is 93.5 Å². The molecular formula is C19H25N3O4. The number of carbonyl (C=O) groups is 2. The number of aromatic nitrogens is 1. The Hall–Kier alpha value is -2.67. The molecule has 0 aliphatic carbocycles. The number of nitrogens with zero attached hydrogens (tertiary/aromatic N) is 1. The predicted octanol–water partition coefficient (Wildman–Crippen LogP) is 2.39. The van der Waals surface area contributed by atoms with Gasteiger partial charge in [0.15, 0.2) is 11.5 Å². The molecule has 0 radical (unpaired) electrons. The number of benzene rings is 1. The average molecular weight is 359 g/mol. The smallest absolute Gasteiger partial charge is 0.273 e. The minimum absolute atomic E-state index is 0.108. The second kappa shape index (κ2) is 11.0. The minimum atomic E-state index is -0.450. The quantitative estimate of drug-likeness (QED) is 0.601. The van der Waals surface area contributed by atoms with Crippen LogP contribution in [0.3, 0.4) is 0 Å². The van der Waals surface area contributed by atoms with E-state index in [1.807, 2.05) is 30.3 Å². The average Bonchev–Trinajstić information content (AvgIpc) is 3.16. The number of amides is 2. The maximum Gasteiger partial charge on any atom is 0.273 e. The third-order valence-corrected chi connectivity index (χ3v) is 3.64. The molecule has 0 saturated carbocycles. The minimum Gasteiger partial charge on any atom is -0.381 e. The van der Waals surface area contributed by atoms with Crippen molar-refractivity contribution >= 4 is 11.8 Å². The fraction of sp³-hybridized carbons (Fsp3) is 0.421. The Morgan fingerprint density at radius 2 is 1.88 bits per heavy atom. The monoisotopic (exact) mass is 359 g/mol. The van der Waals surface area contributed by atoms with Crippen molar-refractivity contribution in [1.82, 2.24) is 15.8 Å². The van der Waals surface area contributed by atoms with Crippen molar-refractivity contribution in [2.45, 2.75) is 26.2 Å². The lowest BCUT2D eigenvalue weighted by atomic mass is 10.1. The van der Waals surface area contributed by atoms with E-state index in [2.05, 4.69) is 22.7 Å². The molecule has 0 atom stereocenters. The fourth-order valence-electron chi connectivity index (χ4n) is 2.18. The molecule has 2 rings (SSSR count).